The molecule has 1 fully saturated rings. The molecule has 12 heteroatoms. The van der Waals surface area contributed by atoms with E-state index in [2.05, 4.69) is 5.32 Å². The van der Waals surface area contributed by atoms with E-state index < -0.39 is 64.0 Å². The average molecular weight is 529 g/mol. The predicted octanol–water partition coefficient (Wildman–Crippen LogP) is -0.745. The Labute approximate surface area is 219 Å². The number of aromatic hydroxyl groups is 1. The SMILES string of the molecule is CN(C)CCNC(=O)c1ccc(O)c2c1CC1C[C@H]3[C@H](N(C)C)C(=O)C(C(N)=O)=C(O)[C@@]3(O)C(=O)C1=C2O. The zero-order valence-corrected chi connectivity index (χ0v) is 21.6. The van der Waals surface area contributed by atoms with Crippen molar-refractivity contribution in [3.8, 4) is 5.75 Å². The molecule has 204 valence electrons. The molecule has 7 N–H and O–H groups in total. The zero-order valence-electron chi connectivity index (χ0n) is 21.6. The molecular weight excluding hydrogens is 496 g/mol. The van der Waals surface area contributed by atoms with Crippen molar-refractivity contribution < 1.29 is 39.6 Å². The Kier molecular flexibility index (Phi) is 6.85. The van der Waals surface area contributed by atoms with Crippen molar-refractivity contribution in [3.63, 3.8) is 0 Å². The van der Waals surface area contributed by atoms with Crippen molar-refractivity contribution in [1.82, 2.24) is 15.1 Å². The molecule has 4 atom stereocenters. The van der Waals surface area contributed by atoms with Crippen molar-refractivity contribution in [2.45, 2.75) is 24.5 Å². The summed E-state index contributed by atoms with van der Waals surface area (Å²) in [6.45, 7) is 0.939. The molecular formula is C26H32N4O8. The molecule has 1 saturated carbocycles. The number of likely N-dealkylation sites (N-methyl/N-ethyl adjacent to an activating group) is 2. The van der Waals surface area contributed by atoms with Crippen LogP contribution in [0.25, 0.3) is 5.76 Å². The van der Waals surface area contributed by atoms with Crippen molar-refractivity contribution in [1.29, 1.82) is 0 Å². The third kappa shape index (κ3) is 3.96. The number of carbonyl (C=O) groups is 4. The van der Waals surface area contributed by atoms with E-state index >= 15 is 0 Å². The van der Waals surface area contributed by atoms with E-state index in [0.717, 1.165) is 0 Å². The Morgan fingerprint density at radius 1 is 1.13 bits per heavy atom. The first-order valence-corrected chi connectivity index (χ1v) is 12.2. The maximum Gasteiger partial charge on any atom is 0.255 e. The first-order chi connectivity index (χ1) is 17.7. The molecule has 1 aromatic rings. The number of aliphatic hydroxyl groups excluding tert-OH is 2. The van der Waals surface area contributed by atoms with E-state index in [1.54, 1.807) is 0 Å². The molecule has 0 saturated heterocycles. The van der Waals surface area contributed by atoms with Crippen LogP contribution in [0.5, 0.6) is 5.75 Å². The van der Waals surface area contributed by atoms with Crippen LogP contribution in [0.2, 0.25) is 0 Å². The molecule has 4 rings (SSSR count). The molecule has 1 aromatic carbocycles. The predicted molar refractivity (Wildman–Crippen MR) is 135 cm³/mol. The van der Waals surface area contributed by atoms with E-state index in [-0.39, 0.29) is 35.3 Å². The van der Waals surface area contributed by atoms with E-state index in [1.165, 1.54) is 31.1 Å². The second-order valence-corrected chi connectivity index (χ2v) is 10.5. The number of nitrogens with two attached hydrogens (primary N) is 1. The quantitative estimate of drug-likeness (QED) is 0.256. The molecule has 0 aliphatic heterocycles. The second kappa shape index (κ2) is 9.53. The van der Waals surface area contributed by atoms with Gasteiger partial charge in [-0.15, -0.1) is 0 Å². The molecule has 0 spiro atoms. The third-order valence-corrected chi connectivity index (χ3v) is 7.69. The first-order valence-electron chi connectivity index (χ1n) is 12.2. The number of phenols is 1. The Balaban J connectivity index is 1.87. The number of hydrogen-bond acceptors (Lipinski definition) is 10. The summed E-state index contributed by atoms with van der Waals surface area (Å²) in [6, 6.07) is 1.48. The lowest BCUT2D eigenvalue weighted by Crippen LogP contribution is -2.65. The number of phenolic OH excluding ortho intramolecular Hbond substituents is 1. The average Bonchev–Trinajstić information content (AvgIpc) is 2.80. The third-order valence-electron chi connectivity index (χ3n) is 7.69. The van der Waals surface area contributed by atoms with Gasteiger partial charge in [-0.2, -0.15) is 0 Å². The fourth-order valence-electron chi connectivity index (χ4n) is 5.94. The van der Waals surface area contributed by atoms with Crippen molar-refractivity contribution in [3.05, 3.63) is 45.7 Å². The normalized spacial score (nSPS) is 26.9. The molecule has 12 nitrogen and oxygen atoms in total. The van der Waals surface area contributed by atoms with Crippen LogP contribution in [0.3, 0.4) is 0 Å². The summed E-state index contributed by atoms with van der Waals surface area (Å²) < 4.78 is 0. The van der Waals surface area contributed by atoms with Gasteiger partial charge in [0.15, 0.2) is 11.4 Å². The Hall–Kier alpha value is -3.74. The number of ketones is 2. The topological polar surface area (TPSA) is 194 Å². The first kappa shape index (κ1) is 27.3. The standard InChI is InChI=1S/C26H32N4O8/c1-29(2)8-7-28-25(37)12-5-6-15(31)17-13(12)9-11-10-14-19(30(3)4)21(33)18(24(27)36)23(35)26(14,38)22(34)16(11)20(17)32/h5-6,11,14,19,31-32,35,38H,7-10H2,1-4H3,(H2,27,36)(H,28,37)/t11?,14-,19-,26-/m0/s1. The van der Waals surface area contributed by atoms with Crippen LogP contribution in [0.4, 0.5) is 0 Å². The smallest absolute Gasteiger partial charge is 0.255 e. The summed E-state index contributed by atoms with van der Waals surface area (Å²) in [4.78, 5) is 55.3. The molecule has 0 radical (unpaired) electrons. The monoisotopic (exact) mass is 528 g/mol. The van der Waals surface area contributed by atoms with Crippen LogP contribution in [0.15, 0.2) is 29.0 Å². The van der Waals surface area contributed by atoms with Gasteiger partial charge < -0.3 is 36.4 Å². The second-order valence-electron chi connectivity index (χ2n) is 10.5. The van der Waals surface area contributed by atoms with E-state index in [4.69, 9.17) is 5.73 Å². The van der Waals surface area contributed by atoms with E-state index in [9.17, 15) is 39.6 Å². The maximum atomic E-state index is 13.8. The summed E-state index contributed by atoms with van der Waals surface area (Å²) in [5, 5.41) is 47.1. The number of fused-ring (bicyclic) bond motifs is 3. The van der Waals surface area contributed by atoms with Gasteiger partial charge in [0.05, 0.1) is 11.6 Å². The summed E-state index contributed by atoms with van der Waals surface area (Å²) in [6.07, 6.45) is -0.0114. The lowest BCUT2D eigenvalue weighted by molar-refractivity contribution is -0.153. The van der Waals surface area contributed by atoms with E-state index in [1.807, 2.05) is 19.0 Å². The molecule has 2 amide bonds. The molecule has 3 aliphatic rings. The Morgan fingerprint density at radius 2 is 1.79 bits per heavy atom. The van der Waals surface area contributed by atoms with Gasteiger partial charge in [-0.25, -0.2) is 0 Å². The number of primary amides is 1. The van der Waals surface area contributed by atoms with Crippen LogP contribution in [0, 0.1) is 11.8 Å². The highest BCUT2D eigenvalue weighted by Gasteiger charge is 2.64. The maximum absolute atomic E-state index is 13.8. The number of hydrogen-bond donors (Lipinski definition) is 6. The fourth-order valence-corrected chi connectivity index (χ4v) is 5.94. The van der Waals surface area contributed by atoms with Crippen molar-refractivity contribution in [2.24, 2.45) is 17.6 Å². The molecule has 0 bridgehead atoms. The largest absolute Gasteiger partial charge is 0.508 e. The summed E-state index contributed by atoms with van der Waals surface area (Å²) in [5.41, 5.74) is 1.88. The number of Topliss-reactive ketones (excluding diaryl/α,β-unsaturated/α-hetero) is 2. The van der Waals surface area contributed by atoms with Crippen molar-refractivity contribution >= 4 is 29.1 Å². The number of nitrogens with one attached hydrogen (secondary N) is 1. The minimum Gasteiger partial charge on any atom is -0.508 e. The highest BCUT2D eigenvalue weighted by molar-refractivity contribution is 6.24. The van der Waals surface area contributed by atoms with Gasteiger partial charge >= 0.3 is 0 Å². The lowest BCUT2D eigenvalue weighted by Gasteiger charge is -2.50. The molecule has 38 heavy (non-hydrogen) atoms. The van der Waals surface area contributed by atoms with Crippen LogP contribution in [-0.2, 0) is 20.8 Å². The summed E-state index contributed by atoms with van der Waals surface area (Å²) in [7, 11) is 6.77. The molecule has 0 heterocycles. The highest BCUT2D eigenvalue weighted by Crippen LogP contribution is 2.52. The fraction of sp³-hybridized carbons (Fsp3) is 0.462. The number of rotatable bonds is 6. The van der Waals surface area contributed by atoms with Gasteiger partial charge in [0.2, 0.25) is 5.78 Å². The molecule has 3 aliphatic carbocycles. The number of benzene rings is 1. The number of carbonyl (C=O) groups excluding carboxylic acids is 4. The Morgan fingerprint density at radius 3 is 2.37 bits per heavy atom. The Bertz CT molecular complexity index is 1310. The lowest BCUT2D eigenvalue weighted by atomic mass is 9.57. The van der Waals surface area contributed by atoms with Crippen molar-refractivity contribution in [2.75, 3.05) is 41.3 Å². The summed E-state index contributed by atoms with van der Waals surface area (Å²) in [5.74, 6) is -7.75. The van der Waals surface area contributed by atoms with Gasteiger partial charge in [-0.1, -0.05) is 0 Å². The number of aliphatic hydroxyl groups is 3. The summed E-state index contributed by atoms with van der Waals surface area (Å²) >= 11 is 0. The van der Waals surface area contributed by atoms with Crippen LogP contribution in [0.1, 0.15) is 27.9 Å². The van der Waals surface area contributed by atoms with Gasteiger partial charge in [0.1, 0.15) is 22.8 Å². The number of nitrogens with zero attached hydrogens (tertiary/aromatic N) is 2. The zero-order chi connectivity index (χ0) is 28.3. The minimum atomic E-state index is -2.71. The minimum absolute atomic E-state index is 0.0410. The van der Waals surface area contributed by atoms with Crippen LogP contribution in [-0.4, -0.2) is 107 Å². The van der Waals surface area contributed by atoms with Crippen LogP contribution < -0.4 is 11.1 Å². The van der Waals surface area contributed by atoms with E-state index in [0.29, 0.717) is 18.7 Å². The van der Waals surface area contributed by atoms with Gasteiger partial charge in [-0.05, 0) is 64.6 Å². The van der Waals surface area contributed by atoms with Gasteiger partial charge in [-0.3, -0.25) is 24.1 Å². The van der Waals surface area contributed by atoms with Gasteiger partial charge in [0.25, 0.3) is 11.8 Å². The highest BCUT2D eigenvalue weighted by atomic mass is 16.3. The number of amides is 2. The van der Waals surface area contributed by atoms with Crippen LogP contribution >= 0.6 is 0 Å². The van der Waals surface area contributed by atoms with Gasteiger partial charge in [0, 0.05) is 30.1 Å². The molecule has 1 unspecified atom stereocenters. The molecule has 0 aromatic heterocycles.